The molecule has 0 rings (SSSR count). The minimum Gasteiger partial charge on any atom is -0.303 e. The van der Waals surface area contributed by atoms with Gasteiger partial charge in [0.15, 0.2) is 0 Å². The Labute approximate surface area is 68.7 Å². The Bertz CT molecular complexity index is 123. The molecule has 2 nitrogen and oxygen atoms in total. The average Bonchev–Trinajstić information content (AvgIpc) is 2.05. The Kier molecular flexibility index (Phi) is 5.75. The summed E-state index contributed by atoms with van der Waals surface area (Å²) in [5.41, 5.74) is 0. The second-order valence-electron chi connectivity index (χ2n) is 2.68. The van der Waals surface area contributed by atoms with E-state index < -0.39 is 0 Å². The van der Waals surface area contributed by atoms with Gasteiger partial charge in [0.25, 0.3) is 0 Å². The zero-order chi connectivity index (χ0) is 8.69. The van der Waals surface area contributed by atoms with Crippen LogP contribution in [-0.2, 0) is 4.79 Å². The number of hydrogen-bond acceptors (Lipinski definition) is 2. The topological polar surface area (TPSA) is 29.1 Å². The molecule has 1 N–H and O–H groups in total. The summed E-state index contributed by atoms with van der Waals surface area (Å²) in [7, 11) is 0. The highest BCUT2D eigenvalue weighted by Gasteiger charge is 2.13. The van der Waals surface area contributed by atoms with Gasteiger partial charge in [-0.15, -0.1) is 6.58 Å². The van der Waals surface area contributed by atoms with Crippen LogP contribution in [0.5, 0.6) is 0 Å². The number of rotatable bonds is 6. The second-order valence-corrected chi connectivity index (χ2v) is 2.68. The maximum Gasteiger partial charge on any atom is 0.217 e. The van der Waals surface area contributed by atoms with E-state index >= 15 is 0 Å². The van der Waals surface area contributed by atoms with Crippen LogP contribution in [0.25, 0.3) is 0 Å². The van der Waals surface area contributed by atoms with Crippen LogP contribution < -0.4 is 5.32 Å². The number of carbonyl (C=O) groups excluding carboxylic acids is 1. The van der Waals surface area contributed by atoms with Crippen molar-refractivity contribution in [2.75, 3.05) is 6.54 Å². The molecule has 0 aromatic heterocycles. The lowest BCUT2D eigenvalue weighted by Crippen LogP contribution is -2.36. The van der Waals surface area contributed by atoms with Gasteiger partial charge < -0.3 is 5.32 Å². The second kappa shape index (κ2) is 6.10. The summed E-state index contributed by atoms with van der Waals surface area (Å²) in [4.78, 5) is 10.4. The maximum atomic E-state index is 10.4. The molecule has 0 heterocycles. The summed E-state index contributed by atoms with van der Waals surface area (Å²) in [6.07, 6.45) is 4.71. The van der Waals surface area contributed by atoms with Crippen molar-refractivity contribution < 1.29 is 4.79 Å². The molecule has 0 fully saturated rings. The lowest BCUT2D eigenvalue weighted by molar-refractivity contribution is 0.429. The first-order valence-electron chi connectivity index (χ1n) is 3.98. The Hall–Kier alpha value is -0.630. The lowest BCUT2D eigenvalue weighted by Gasteiger charge is -2.16. The molecular formula is C9H16NO. The van der Waals surface area contributed by atoms with Crippen molar-refractivity contribution in [1.82, 2.24) is 5.32 Å². The van der Waals surface area contributed by atoms with Crippen molar-refractivity contribution in [3.05, 3.63) is 12.7 Å². The SMILES string of the molecule is C=CCN[C@H]([C]=O)[C@@H](C)CC. The Morgan fingerprint density at radius 3 is 2.73 bits per heavy atom. The van der Waals surface area contributed by atoms with Gasteiger partial charge in [0.05, 0.1) is 6.04 Å². The predicted molar refractivity (Wildman–Crippen MR) is 47.1 cm³/mol. The van der Waals surface area contributed by atoms with E-state index in [0.717, 1.165) is 6.42 Å². The van der Waals surface area contributed by atoms with Crippen molar-refractivity contribution in [3.63, 3.8) is 0 Å². The molecule has 2 atom stereocenters. The zero-order valence-electron chi connectivity index (χ0n) is 7.26. The summed E-state index contributed by atoms with van der Waals surface area (Å²) in [6.45, 7) is 8.32. The maximum absolute atomic E-state index is 10.4. The summed E-state index contributed by atoms with van der Waals surface area (Å²) in [5, 5.41) is 3.03. The Morgan fingerprint density at radius 1 is 1.73 bits per heavy atom. The molecule has 1 radical (unpaired) electrons. The molecule has 0 spiro atoms. The van der Waals surface area contributed by atoms with Gasteiger partial charge in [-0.1, -0.05) is 26.3 Å². The van der Waals surface area contributed by atoms with E-state index in [4.69, 9.17) is 0 Å². The quantitative estimate of drug-likeness (QED) is 0.584. The normalized spacial score (nSPS) is 15.5. The molecule has 0 aromatic rings. The lowest BCUT2D eigenvalue weighted by atomic mass is 10.0. The zero-order valence-corrected chi connectivity index (χ0v) is 7.26. The first-order valence-corrected chi connectivity index (χ1v) is 3.98. The molecule has 63 valence electrons. The van der Waals surface area contributed by atoms with E-state index in [9.17, 15) is 4.79 Å². The average molecular weight is 154 g/mol. The molecule has 0 saturated carbocycles. The molecule has 0 aromatic carbocycles. The Morgan fingerprint density at radius 2 is 2.36 bits per heavy atom. The van der Waals surface area contributed by atoms with E-state index in [2.05, 4.69) is 18.8 Å². The van der Waals surface area contributed by atoms with Crippen LogP contribution in [0.2, 0.25) is 0 Å². The van der Waals surface area contributed by atoms with Crippen molar-refractivity contribution in [1.29, 1.82) is 0 Å². The van der Waals surface area contributed by atoms with Crippen LogP contribution in [0.3, 0.4) is 0 Å². The molecular weight excluding hydrogens is 138 g/mol. The van der Waals surface area contributed by atoms with E-state index in [0.29, 0.717) is 12.5 Å². The summed E-state index contributed by atoms with van der Waals surface area (Å²) in [5.74, 6) is 0.354. The van der Waals surface area contributed by atoms with E-state index in [1.807, 2.05) is 13.2 Å². The van der Waals surface area contributed by atoms with Gasteiger partial charge in [-0.2, -0.15) is 0 Å². The number of nitrogens with one attached hydrogen (secondary N) is 1. The van der Waals surface area contributed by atoms with E-state index in [-0.39, 0.29) is 6.04 Å². The van der Waals surface area contributed by atoms with Crippen LogP contribution in [0.15, 0.2) is 12.7 Å². The van der Waals surface area contributed by atoms with Gasteiger partial charge in [-0.05, 0) is 5.92 Å². The fourth-order valence-corrected chi connectivity index (χ4v) is 0.805. The monoisotopic (exact) mass is 154 g/mol. The van der Waals surface area contributed by atoms with Crippen LogP contribution in [0, 0.1) is 5.92 Å². The molecule has 0 aliphatic carbocycles. The largest absolute Gasteiger partial charge is 0.303 e. The first kappa shape index (κ1) is 10.4. The van der Waals surface area contributed by atoms with Gasteiger partial charge in [0.1, 0.15) is 0 Å². The number of hydrogen-bond donors (Lipinski definition) is 1. The third-order valence-corrected chi connectivity index (χ3v) is 1.82. The molecule has 0 amide bonds. The van der Waals surface area contributed by atoms with Gasteiger partial charge in [0, 0.05) is 6.54 Å². The third kappa shape index (κ3) is 3.94. The highest BCUT2D eigenvalue weighted by molar-refractivity contribution is 5.58. The van der Waals surface area contributed by atoms with Gasteiger partial charge in [0.2, 0.25) is 6.29 Å². The van der Waals surface area contributed by atoms with Crippen LogP contribution in [0.1, 0.15) is 20.3 Å². The smallest absolute Gasteiger partial charge is 0.217 e. The standard InChI is InChI=1S/C9H16NO/c1-4-6-10-9(7-11)8(3)5-2/h4,8-10H,1,5-6H2,2-3H3/t8-,9+/m0/s1. The summed E-state index contributed by atoms with van der Waals surface area (Å²) < 4.78 is 0. The molecule has 2 heteroatoms. The molecule has 0 saturated heterocycles. The van der Waals surface area contributed by atoms with Gasteiger partial charge >= 0.3 is 0 Å². The summed E-state index contributed by atoms with van der Waals surface area (Å²) in [6, 6.07) is -0.141. The molecule has 0 aliphatic heterocycles. The highest BCUT2D eigenvalue weighted by atomic mass is 16.1. The molecule has 0 unspecified atom stereocenters. The summed E-state index contributed by atoms with van der Waals surface area (Å²) >= 11 is 0. The Balaban J connectivity index is 3.73. The van der Waals surface area contributed by atoms with Crippen LogP contribution >= 0.6 is 0 Å². The minimum absolute atomic E-state index is 0.141. The predicted octanol–water partition coefficient (Wildman–Crippen LogP) is 1.29. The molecule has 0 aliphatic rings. The third-order valence-electron chi connectivity index (χ3n) is 1.82. The van der Waals surface area contributed by atoms with Crippen LogP contribution in [-0.4, -0.2) is 18.9 Å². The first-order chi connectivity index (χ1) is 5.26. The van der Waals surface area contributed by atoms with Gasteiger partial charge in [-0.3, -0.25) is 4.79 Å². The van der Waals surface area contributed by atoms with Crippen molar-refractivity contribution in [2.24, 2.45) is 5.92 Å². The fourth-order valence-electron chi connectivity index (χ4n) is 0.805. The van der Waals surface area contributed by atoms with Crippen LogP contribution in [0.4, 0.5) is 0 Å². The van der Waals surface area contributed by atoms with E-state index in [1.54, 1.807) is 6.08 Å². The molecule has 0 bridgehead atoms. The molecule has 11 heavy (non-hydrogen) atoms. The minimum atomic E-state index is -0.141. The van der Waals surface area contributed by atoms with Crippen molar-refractivity contribution in [3.8, 4) is 0 Å². The van der Waals surface area contributed by atoms with Crippen molar-refractivity contribution >= 4 is 6.29 Å². The highest BCUT2D eigenvalue weighted by Crippen LogP contribution is 2.04. The van der Waals surface area contributed by atoms with Gasteiger partial charge in [-0.25, -0.2) is 0 Å². The van der Waals surface area contributed by atoms with E-state index in [1.165, 1.54) is 0 Å². The fraction of sp³-hybridized carbons (Fsp3) is 0.667. The van der Waals surface area contributed by atoms with Crippen molar-refractivity contribution in [2.45, 2.75) is 26.3 Å².